The fraction of sp³-hybridized carbons (Fsp3) is 0.417. The number of anilines is 1. The fourth-order valence-electron chi connectivity index (χ4n) is 1.48. The SMILES string of the molecule is CC(C)CCNC(=O)c1cc(N)c(F)cc1[N+](=O)[O-]. The number of halogens is 1. The summed E-state index contributed by atoms with van der Waals surface area (Å²) in [6, 6.07) is 1.64. The summed E-state index contributed by atoms with van der Waals surface area (Å²) >= 11 is 0. The second kappa shape index (κ2) is 6.12. The average molecular weight is 269 g/mol. The maximum absolute atomic E-state index is 13.2. The lowest BCUT2D eigenvalue weighted by Crippen LogP contribution is -2.26. The first kappa shape index (κ1) is 14.9. The molecule has 0 bridgehead atoms. The molecule has 0 aliphatic heterocycles. The van der Waals surface area contributed by atoms with Crippen molar-refractivity contribution in [3.63, 3.8) is 0 Å². The van der Waals surface area contributed by atoms with Gasteiger partial charge in [0.25, 0.3) is 11.6 Å². The van der Waals surface area contributed by atoms with Crippen LogP contribution in [0.2, 0.25) is 0 Å². The zero-order valence-electron chi connectivity index (χ0n) is 10.8. The van der Waals surface area contributed by atoms with Crippen molar-refractivity contribution in [2.75, 3.05) is 12.3 Å². The van der Waals surface area contributed by atoms with E-state index >= 15 is 0 Å². The van der Waals surface area contributed by atoms with Crippen molar-refractivity contribution in [3.8, 4) is 0 Å². The first-order valence-corrected chi connectivity index (χ1v) is 5.84. The van der Waals surface area contributed by atoms with Crippen LogP contribution in [-0.2, 0) is 0 Å². The van der Waals surface area contributed by atoms with Gasteiger partial charge >= 0.3 is 0 Å². The number of benzene rings is 1. The van der Waals surface area contributed by atoms with Gasteiger partial charge in [-0.1, -0.05) is 13.8 Å². The molecule has 0 saturated carbocycles. The van der Waals surface area contributed by atoms with Crippen LogP contribution in [0.3, 0.4) is 0 Å². The molecule has 0 aromatic heterocycles. The molecule has 0 fully saturated rings. The second-order valence-corrected chi connectivity index (χ2v) is 4.59. The van der Waals surface area contributed by atoms with E-state index < -0.39 is 22.3 Å². The Morgan fingerprint density at radius 1 is 1.53 bits per heavy atom. The van der Waals surface area contributed by atoms with Crippen LogP contribution < -0.4 is 11.1 Å². The second-order valence-electron chi connectivity index (χ2n) is 4.59. The predicted octanol–water partition coefficient (Wildman–Crippen LogP) is 2.09. The molecule has 0 aliphatic rings. The lowest BCUT2D eigenvalue weighted by atomic mass is 10.1. The molecule has 19 heavy (non-hydrogen) atoms. The van der Waals surface area contributed by atoms with Crippen molar-refractivity contribution in [2.24, 2.45) is 5.92 Å². The van der Waals surface area contributed by atoms with Gasteiger partial charge in [-0.2, -0.15) is 0 Å². The Balaban J connectivity index is 2.95. The van der Waals surface area contributed by atoms with Gasteiger partial charge in [-0.25, -0.2) is 4.39 Å². The predicted molar refractivity (Wildman–Crippen MR) is 69.3 cm³/mol. The van der Waals surface area contributed by atoms with Crippen LogP contribution in [0, 0.1) is 21.8 Å². The molecule has 0 heterocycles. The first-order valence-electron chi connectivity index (χ1n) is 5.84. The molecule has 1 amide bonds. The average Bonchev–Trinajstić information content (AvgIpc) is 2.31. The number of carbonyl (C=O) groups excluding carboxylic acids is 1. The van der Waals surface area contributed by atoms with Crippen LogP contribution in [0.25, 0.3) is 0 Å². The smallest absolute Gasteiger partial charge is 0.285 e. The van der Waals surface area contributed by atoms with Crippen LogP contribution >= 0.6 is 0 Å². The summed E-state index contributed by atoms with van der Waals surface area (Å²) in [5.74, 6) is -1.14. The van der Waals surface area contributed by atoms with Crippen molar-refractivity contribution < 1.29 is 14.1 Å². The topological polar surface area (TPSA) is 98.3 Å². The number of hydrogen-bond donors (Lipinski definition) is 2. The number of hydrogen-bond acceptors (Lipinski definition) is 4. The zero-order valence-corrected chi connectivity index (χ0v) is 10.8. The van der Waals surface area contributed by atoms with Gasteiger partial charge in [-0.3, -0.25) is 14.9 Å². The molecular weight excluding hydrogens is 253 g/mol. The number of rotatable bonds is 5. The van der Waals surface area contributed by atoms with E-state index in [9.17, 15) is 19.3 Å². The van der Waals surface area contributed by atoms with E-state index in [-0.39, 0.29) is 11.3 Å². The Hall–Kier alpha value is -2.18. The molecule has 1 aromatic carbocycles. The Kier molecular flexibility index (Phi) is 4.80. The highest BCUT2D eigenvalue weighted by Crippen LogP contribution is 2.24. The Morgan fingerprint density at radius 3 is 2.68 bits per heavy atom. The molecule has 1 rings (SSSR count). The highest BCUT2D eigenvalue weighted by molar-refractivity contribution is 5.99. The minimum Gasteiger partial charge on any atom is -0.396 e. The van der Waals surface area contributed by atoms with Crippen LogP contribution in [0.5, 0.6) is 0 Å². The number of nitrogens with two attached hydrogens (primary N) is 1. The molecule has 0 spiro atoms. The van der Waals surface area contributed by atoms with Crippen molar-refractivity contribution >= 4 is 17.3 Å². The van der Waals surface area contributed by atoms with Crippen LogP contribution in [-0.4, -0.2) is 17.4 Å². The van der Waals surface area contributed by atoms with Gasteiger partial charge in [0.15, 0.2) is 5.82 Å². The van der Waals surface area contributed by atoms with E-state index in [0.717, 1.165) is 12.5 Å². The zero-order chi connectivity index (χ0) is 14.6. The lowest BCUT2D eigenvalue weighted by molar-refractivity contribution is -0.385. The third-order valence-electron chi connectivity index (χ3n) is 2.56. The van der Waals surface area contributed by atoms with Crippen molar-refractivity contribution in [1.29, 1.82) is 0 Å². The van der Waals surface area contributed by atoms with E-state index in [4.69, 9.17) is 5.73 Å². The quantitative estimate of drug-likeness (QED) is 0.485. The van der Waals surface area contributed by atoms with E-state index in [2.05, 4.69) is 5.32 Å². The van der Waals surface area contributed by atoms with Crippen molar-refractivity contribution in [3.05, 3.63) is 33.6 Å². The number of nitrogens with zero attached hydrogens (tertiary/aromatic N) is 1. The molecule has 0 unspecified atom stereocenters. The maximum atomic E-state index is 13.2. The number of amides is 1. The Labute approximate surface area is 109 Å². The third kappa shape index (κ3) is 3.90. The molecule has 1 aromatic rings. The van der Waals surface area contributed by atoms with Gasteiger partial charge in [0.1, 0.15) is 5.56 Å². The van der Waals surface area contributed by atoms with Gasteiger partial charge in [-0.15, -0.1) is 0 Å². The summed E-state index contributed by atoms with van der Waals surface area (Å²) in [5, 5.41) is 13.3. The van der Waals surface area contributed by atoms with Gasteiger partial charge in [0, 0.05) is 6.54 Å². The molecule has 0 saturated heterocycles. The Morgan fingerprint density at radius 2 is 2.16 bits per heavy atom. The van der Waals surface area contributed by atoms with E-state index in [0.29, 0.717) is 18.5 Å². The molecule has 7 heteroatoms. The van der Waals surface area contributed by atoms with Crippen LogP contribution in [0.1, 0.15) is 30.6 Å². The minimum absolute atomic E-state index is 0.229. The van der Waals surface area contributed by atoms with Gasteiger partial charge in [0.2, 0.25) is 0 Å². The summed E-state index contributed by atoms with van der Waals surface area (Å²) in [5.41, 5.74) is 4.22. The maximum Gasteiger partial charge on any atom is 0.285 e. The summed E-state index contributed by atoms with van der Waals surface area (Å²) in [7, 11) is 0. The Bertz CT molecular complexity index is 503. The largest absolute Gasteiger partial charge is 0.396 e. The van der Waals surface area contributed by atoms with Crippen molar-refractivity contribution in [2.45, 2.75) is 20.3 Å². The molecule has 3 N–H and O–H groups in total. The number of nitro groups is 1. The van der Waals surface area contributed by atoms with Crippen LogP contribution in [0.4, 0.5) is 15.8 Å². The molecule has 0 atom stereocenters. The minimum atomic E-state index is -0.912. The van der Waals surface area contributed by atoms with E-state index in [1.165, 1.54) is 0 Å². The van der Waals surface area contributed by atoms with Gasteiger partial charge in [-0.05, 0) is 18.4 Å². The monoisotopic (exact) mass is 269 g/mol. The molecule has 104 valence electrons. The van der Waals surface area contributed by atoms with E-state index in [1.807, 2.05) is 13.8 Å². The summed E-state index contributed by atoms with van der Waals surface area (Å²) in [6.07, 6.45) is 0.746. The number of nitrogens with one attached hydrogen (secondary N) is 1. The third-order valence-corrected chi connectivity index (χ3v) is 2.56. The van der Waals surface area contributed by atoms with Gasteiger partial charge < -0.3 is 11.1 Å². The number of nitrogen functional groups attached to an aromatic ring is 1. The molecule has 0 aliphatic carbocycles. The number of carbonyl (C=O) groups is 1. The van der Waals surface area contributed by atoms with Crippen LogP contribution in [0.15, 0.2) is 12.1 Å². The highest BCUT2D eigenvalue weighted by atomic mass is 19.1. The number of nitro benzene ring substituents is 1. The van der Waals surface area contributed by atoms with Gasteiger partial charge in [0.05, 0.1) is 16.7 Å². The van der Waals surface area contributed by atoms with E-state index in [1.54, 1.807) is 0 Å². The van der Waals surface area contributed by atoms with Crippen molar-refractivity contribution in [1.82, 2.24) is 5.32 Å². The first-order chi connectivity index (χ1) is 8.82. The normalized spacial score (nSPS) is 10.5. The molecule has 0 radical (unpaired) electrons. The lowest BCUT2D eigenvalue weighted by Gasteiger charge is -2.08. The summed E-state index contributed by atoms with van der Waals surface area (Å²) in [6.45, 7) is 4.37. The fourth-order valence-corrected chi connectivity index (χ4v) is 1.48. The highest BCUT2D eigenvalue weighted by Gasteiger charge is 2.22. The summed E-state index contributed by atoms with van der Waals surface area (Å²) in [4.78, 5) is 21.8. The standard InChI is InChI=1S/C12H16FN3O3/c1-7(2)3-4-15-12(17)8-5-10(14)9(13)6-11(8)16(18)19/h5-7H,3-4,14H2,1-2H3,(H,15,17). The summed E-state index contributed by atoms with van der Waals surface area (Å²) < 4.78 is 13.2. The molecule has 6 nitrogen and oxygen atoms in total. The molecular formula is C12H16FN3O3.